The molecule has 0 radical (unpaired) electrons. The normalized spacial score (nSPS) is 19.6. The molecule has 3 heterocycles. The number of hydrogen-bond donors (Lipinski definition) is 2. The van der Waals surface area contributed by atoms with E-state index in [0.717, 1.165) is 39.0 Å². The molecule has 1 aromatic heterocycles. The summed E-state index contributed by atoms with van der Waals surface area (Å²) in [5.74, 6) is 0.770. The van der Waals surface area contributed by atoms with E-state index < -0.39 is 0 Å². The van der Waals surface area contributed by atoms with E-state index in [1.54, 1.807) is 23.5 Å². The van der Waals surface area contributed by atoms with Crippen molar-refractivity contribution in [2.24, 2.45) is 0 Å². The molecule has 6 heteroatoms. The molecule has 4 rings (SSSR count). The van der Waals surface area contributed by atoms with Gasteiger partial charge in [0, 0.05) is 24.5 Å². The van der Waals surface area contributed by atoms with Gasteiger partial charge >= 0.3 is 6.03 Å². The van der Waals surface area contributed by atoms with Crippen molar-refractivity contribution in [1.29, 1.82) is 0 Å². The summed E-state index contributed by atoms with van der Waals surface area (Å²) >= 11 is 1.78. The minimum absolute atomic E-state index is 0.0601. The zero-order chi connectivity index (χ0) is 19.3. The predicted molar refractivity (Wildman–Crippen MR) is 113 cm³/mol. The Hall–Kier alpha value is -2.05. The van der Waals surface area contributed by atoms with Crippen molar-refractivity contribution in [2.75, 3.05) is 32.7 Å². The van der Waals surface area contributed by atoms with Crippen LogP contribution in [0.4, 0.5) is 4.79 Å². The fourth-order valence-corrected chi connectivity index (χ4v) is 5.26. The number of hydrogen-bond acceptors (Lipinski definition) is 4. The summed E-state index contributed by atoms with van der Waals surface area (Å²) in [5.41, 5.74) is 1.25. The first-order chi connectivity index (χ1) is 13.7. The summed E-state index contributed by atoms with van der Waals surface area (Å²) < 4.78 is 0. The molecule has 28 heavy (non-hydrogen) atoms. The van der Waals surface area contributed by atoms with Gasteiger partial charge in [-0.25, -0.2) is 4.79 Å². The topological polar surface area (TPSA) is 55.8 Å². The monoisotopic (exact) mass is 399 g/mol. The molecule has 2 N–H and O–H groups in total. The maximum atomic E-state index is 12.7. The molecule has 1 atom stereocenters. The molecule has 2 fully saturated rings. The molecule has 0 spiro atoms. The second kappa shape index (κ2) is 8.97. The van der Waals surface area contributed by atoms with Crippen LogP contribution in [0.3, 0.4) is 0 Å². The van der Waals surface area contributed by atoms with E-state index >= 15 is 0 Å². The van der Waals surface area contributed by atoms with Gasteiger partial charge in [-0.15, -0.1) is 11.3 Å². The number of phenols is 1. The first-order valence-corrected chi connectivity index (χ1v) is 11.2. The smallest absolute Gasteiger partial charge is 0.317 e. The standard InChI is InChI=1S/C22H29N3O2S/c26-19-7-5-17(6-8-19)18-9-13-25(14-10-18)22(27)23-16-20(21-4-3-15-28-21)24-11-1-2-12-24/h3-8,15,18,20,26H,1-2,9-14,16H2,(H,23,27). The minimum atomic E-state index is 0.0601. The molecule has 1 unspecified atom stereocenters. The van der Waals surface area contributed by atoms with Crippen LogP contribution in [0.15, 0.2) is 41.8 Å². The van der Waals surface area contributed by atoms with Gasteiger partial charge in [-0.2, -0.15) is 0 Å². The van der Waals surface area contributed by atoms with Crippen molar-refractivity contribution in [3.05, 3.63) is 52.2 Å². The molecule has 2 aliphatic heterocycles. The molecule has 0 aliphatic carbocycles. The third-order valence-corrected chi connectivity index (χ3v) is 7.02. The van der Waals surface area contributed by atoms with Crippen molar-refractivity contribution >= 4 is 17.4 Å². The lowest BCUT2D eigenvalue weighted by atomic mass is 9.89. The lowest BCUT2D eigenvalue weighted by Gasteiger charge is -2.33. The number of nitrogens with one attached hydrogen (secondary N) is 1. The molecular formula is C22H29N3O2S. The van der Waals surface area contributed by atoms with Gasteiger partial charge in [0.2, 0.25) is 0 Å². The molecule has 2 aromatic rings. The number of urea groups is 1. The summed E-state index contributed by atoms with van der Waals surface area (Å²) in [7, 11) is 0. The van der Waals surface area contributed by atoms with Crippen LogP contribution in [0, 0.1) is 0 Å². The molecule has 2 saturated heterocycles. The third-order valence-electron chi connectivity index (χ3n) is 6.05. The highest BCUT2D eigenvalue weighted by atomic mass is 32.1. The van der Waals surface area contributed by atoms with Crippen LogP contribution in [0.25, 0.3) is 0 Å². The SMILES string of the molecule is O=C(NCC(c1cccs1)N1CCCC1)N1CCC(c2ccc(O)cc2)CC1. The summed E-state index contributed by atoms with van der Waals surface area (Å²) in [4.78, 5) is 18.5. The van der Waals surface area contributed by atoms with E-state index in [2.05, 4.69) is 27.7 Å². The molecule has 2 amide bonds. The van der Waals surface area contributed by atoms with Crippen molar-refractivity contribution in [2.45, 2.75) is 37.6 Å². The summed E-state index contributed by atoms with van der Waals surface area (Å²) in [6.07, 6.45) is 4.44. The third kappa shape index (κ3) is 4.50. The molecule has 150 valence electrons. The average molecular weight is 400 g/mol. The minimum Gasteiger partial charge on any atom is -0.508 e. The highest BCUT2D eigenvalue weighted by molar-refractivity contribution is 7.10. The van der Waals surface area contributed by atoms with Crippen molar-refractivity contribution in [3.8, 4) is 5.75 Å². The number of carbonyl (C=O) groups is 1. The number of piperidine rings is 1. The molecule has 0 bridgehead atoms. The molecule has 1 aromatic carbocycles. The number of amides is 2. The Morgan fingerprint density at radius 1 is 1.11 bits per heavy atom. The van der Waals surface area contributed by atoms with Crippen LogP contribution < -0.4 is 5.32 Å². The Balaban J connectivity index is 1.29. The fraction of sp³-hybridized carbons (Fsp3) is 0.500. The Morgan fingerprint density at radius 3 is 2.46 bits per heavy atom. The molecular weight excluding hydrogens is 370 g/mol. The van der Waals surface area contributed by atoms with E-state index in [-0.39, 0.29) is 6.03 Å². The number of likely N-dealkylation sites (tertiary alicyclic amines) is 2. The number of aromatic hydroxyl groups is 1. The van der Waals surface area contributed by atoms with Crippen molar-refractivity contribution in [1.82, 2.24) is 15.1 Å². The van der Waals surface area contributed by atoms with E-state index in [1.165, 1.54) is 23.3 Å². The van der Waals surface area contributed by atoms with Gasteiger partial charge in [-0.05, 0) is 73.8 Å². The zero-order valence-corrected chi connectivity index (χ0v) is 17.0. The maximum absolute atomic E-state index is 12.7. The van der Waals surface area contributed by atoms with Gasteiger partial charge in [0.05, 0.1) is 6.04 Å². The van der Waals surface area contributed by atoms with Gasteiger partial charge in [-0.1, -0.05) is 18.2 Å². The van der Waals surface area contributed by atoms with Gasteiger partial charge < -0.3 is 15.3 Å². The second-order valence-electron chi connectivity index (χ2n) is 7.81. The number of benzene rings is 1. The Morgan fingerprint density at radius 2 is 1.82 bits per heavy atom. The number of thiophene rings is 1. The Kier molecular flexibility index (Phi) is 6.17. The number of phenolic OH excluding ortho intramolecular Hbond substituents is 1. The lowest BCUT2D eigenvalue weighted by molar-refractivity contribution is 0.174. The zero-order valence-electron chi connectivity index (χ0n) is 16.2. The van der Waals surface area contributed by atoms with Crippen LogP contribution in [-0.2, 0) is 0 Å². The fourth-order valence-electron chi connectivity index (χ4n) is 4.40. The van der Waals surface area contributed by atoms with Crippen molar-refractivity contribution in [3.63, 3.8) is 0 Å². The number of nitrogens with zero attached hydrogens (tertiary/aromatic N) is 2. The Bertz CT molecular complexity index is 749. The van der Waals surface area contributed by atoms with E-state index in [1.807, 2.05) is 17.0 Å². The average Bonchev–Trinajstić information content (AvgIpc) is 3.44. The van der Waals surface area contributed by atoms with Crippen molar-refractivity contribution < 1.29 is 9.90 Å². The van der Waals surface area contributed by atoms with Gasteiger partial charge in [0.15, 0.2) is 0 Å². The van der Waals surface area contributed by atoms with Crippen LogP contribution in [0.2, 0.25) is 0 Å². The summed E-state index contributed by atoms with van der Waals surface area (Å²) in [6, 6.07) is 12.1. The van der Waals surface area contributed by atoms with E-state index in [0.29, 0.717) is 24.3 Å². The molecule has 5 nitrogen and oxygen atoms in total. The lowest BCUT2D eigenvalue weighted by Crippen LogP contribution is -2.46. The summed E-state index contributed by atoms with van der Waals surface area (Å²) in [5, 5.41) is 14.8. The highest BCUT2D eigenvalue weighted by Crippen LogP contribution is 2.30. The molecule has 0 saturated carbocycles. The number of carbonyl (C=O) groups excluding carboxylic acids is 1. The van der Waals surface area contributed by atoms with Gasteiger partial charge in [-0.3, -0.25) is 4.90 Å². The summed E-state index contributed by atoms with van der Waals surface area (Å²) in [6.45, 7) is 4.49. The highest BCUT2D eigenvalue weighted by Gasteiger charge is 2.27. The van der Waals surface area contributed by atoms with Crippen LogP contribution in [0.1, 0.15) is 48.1 Å². The maximum Gasteiger partial charge on any atom is 0.317 e. The van der Waals surface area contributed by atoms with Gasteiger partial charge in [0.25, 0.3) is 0 Å². The Labute approximate surface area is 171 Å². The second-order valence-corrected chi connectivity index (χ2v) is 8.79. The quantitative estimate of drug-likeness (QED) is 0.793. The largest absolute Gasteiger partial charge is 0.508 e. The first-order valence-electron chi connectivity index (χ1n) is 10.3. The van der Waals surface area contributed by atoms with Crippen LogP contribution >= 0.6 is 11.3 Å². The predicted octanol–water partition coefficient (Wildman–Crippen LogP) is 4.18. The van der Waals surface area contributed by atoms with Gasteiger partial charge in [0.1, 0.15) is 5.75 Å². The molecule has 2 aliphatic rings. The van der Waals surface area contributed by atoms with Crippen LogP contribution in [0.5, 0.6) is 5.75 Å². The van der Waals surface area contributed by atoms with E-state index in [4.69, 9.17) is 0 Å². The van der Waals surface area contributed by atoms with Crippen LogP contribution in [-0.4, -0.2) is 53.7 Å². The van der Waals surface area contributed by atoms with E-state index in [9.17, 15) is 9.90 Å². The number of rotatable bonds is 5. The first kappa shape index (κ1) is 19.3.